The van der Waals surface area contributed by atoms with E-state index in [9.17, 15) is 4.79 Å². The maximum Gasteiger partial charge on any atom is 0.243 e. The number of hydrogen-bond acceptors (Lipinski definition) is 2. The highest BCUT2D eigenvalue weighted by Gasteiger charge is 2.04. The van der Waals surface area contributed by atoms with Gasteiger partial charge >= 0.3 is 0 Å². The molecule has 0 heterocycles. The van der Waals surface area contributed by atoms with Gasteiger partial charge in [0.2, 0.25) is 5.91 Å². The van der Waals surface area contributed by atoms with E-state index >= 15 is 0 Å². The van der Waals surface area contributed by atoms with Crippen LogP contribution in [0, 0.1) is 13.8 Å². The largest absolute Gasteiger partial charge is 0.375 e. The Morgan fingerprint density at radius 2 is 1.85 bits per heavy atom. The third-order valence-electron chi connectivity index (χ3n) is 2.87. The van der Waals surface area contributed by atoms with Crippen molar-refractivity contribution in [2.24, 2.45) is 0 Å². The number of anilines is 2. The molecule has 0 aliphatic heterocycles. The van der Waals surface area contributed by atoms with Crippen molar-refractivity contribution >= 4 is 33.2 Å². The predicted molar refractivity (Wildman–Crippen MR) is 87.2 cm³/mol. The third kappa shape index (κ3) is 4.10. The number of benzene rings is 2. The van der Waals surface area contributed by atoms with Gasteiger partial charge in [-0.15, -0.1) is 0 Å². The van der Waals surface area contributed by atoms with E-state index < -0.39 is 0 Å². The van der Waals surface area contributed by atoms with Gasteiger partial charge < -0.3 is 10.6 Å². The third-order valence-corrected chi connectivity index (χ3v) is 3.52. The van der Waals surface area contributed by atoms with Gasteiger partial charge in [0.25, 0.3) is 0 Å². The van der Waals surface area contributed by atoms with Crippen molar-refractivity contribution in [3.63, 3.8) is 0 Å². The lowest BCUT2D eigenvalue weighted by molar-refractivity contribution is -0.114. The fraction of sp³-hybridized carbons (Fsp3) is 0.188. The van der Waals surface area contributed by atoms with E-state index in [4.69, 9.17) is 0 Å². The summed E-state index contributed by atoms with van der Waals surface area (Å²) in [6, 6.07) is 13.7. The Balaban J connectivity index is 1.92. The Morgan fingerprint density at radius 3 is 2.55 bits per heavy atom. The number of carbonyl (C=O) groups is 1. The molecule has 0 atom stereocenters. The molecule has 0 aliphatic carbocycles. The van der Waals surface area contributed by atoms with Crippen LogP contribution in [0.3, 0.4) is 0 Å². The van der Waals surface area contributed by atoms with Crippen molar-refractivity contribution in [3.8, 4) is 0 Å². The SMILES string of the molecule is Cc1cccc(NC(=O)CNc2ccc(C)cc2Br)c1. The minimum absolute atomic E-state index is 0.0666. The highest BCUT2D eigenvalue weighted by Crippen LogP contribution is 2.23. The first-order chi connectivity index (χ1) is 9.54. The molecule has 2 aromatic carbocycles. The minimum atomic E-state index is -0.0666. The average molecular weight is 333 g/mol. The van der Waals surface area contributed by atoms with Gasteiger partial charge in [-0.25, -0.2) is 0 Å². The first-order valence-corrected chi connectivity index (χ1v) is 7.20. The zero-order chi connectivity index (χ0) is 14.5. The van der Waals surface area contributed by atoms with E-state index in [2.05, 4.69) is 26.6 Å². The van der Waals surface area contributed by atoms with E-state index in [1.165, 1.54) is 5.56 Å². The van der Waals surface area contributed by atoms with E-state index in [1.807, 2.05) is 56.3 Å². The molecule has 4 heteroatoms. The summed E-state index contributed by atoms with van der Waals surface area (Å²) in [6.45, 7) is 4.26. The Hall–Kier alpha value is -1.81. The monoisotopic (exact) mass is 332 g/mol. The number of nitrogens with one attached hydrogen (secondary N) is 2. The van der Waals surface area contributed by atoms with Gasteiger partial charge in [0.05, 0.1) is 6.54 Å². The van der Waals surface area contributed by atoms with Crippen molar-refractivity contribution in [3.05, 3.63) is 58.1 Å². The van der Waals surface area contributed by atoms with Gasteiger partial charge in [-0.05, 0) is 65.2 Å². The van der Waals surface area contributed by atoms with Gasteiger partial charge in [-0.3, -0.25) is 4.79 Å². The highest BCUT2D eigenvalue weighted by atomic mass is 79.9. The molecule has 0 saturated carbocycles. The molecular weight excluding hydrogens is 316 g/mol. The minimum Gasteiger partial charge on any atom is -0.375 e. The number of aryl methyl sites for hydroxylation is 2. The second kappa shape index (κ2) is 6.57. The second-order valence-electron chi connectivity index (χ2n) is 4.75. The van der Waals surface area contributed by atoms with Crippen molar-refractivity contribution in [2.45, 2.75) is 13.8 Å². The van der Waals surface area contributed by atoms with Crippen molar-refractivity contribution in [2.75, 3.05) is 17.2 Å². The van der Waals surface area contributed by atoms with Gasteiger partial charge in [0.1, 0.15) is 0 Å². The predicted octanol–water partition coefficient (Wildman–Crippen LogP) is 4.12. The van der Waals surface area contributed by atoms with E-state index in [0.717, 1.165) is 21.4 Å². The zero-order valence-electron chi connectivity index (χ0n) is 11.5. The topological polar surface area (TPSA) is 41.1 Å². The van der Waals surface area contributed by atoms with Gasteiger partial charge in [0, 0.05) is 15.8 Å². The summed E-state index contributed by atoms with van der Waals surface area (Å²) in [7, 11) is 0. The summed E-state index contributed by atoms with van der Waals surface area (Å²) in [5, 5.41) is 5.98. The van der Waals surface area contributed by atoms with Crippen LogP contribution < -0.4 is 10.6 Å². The molecule has 0 aliphatic rings. The molecule has 1 amide bonds. The number of amides is 1. The molecule has 0 aromatic heterocycles. The molecule has 0 fully saturated rings. The van der Waals surface area contributed by atoms with E-state index in [1.54, 1.807) is 0 Å². The van der Waals surface area contributed by atoms with Crippen LogP contribution >= 0.6 is 15.9 Å². The zero-order valence-corrected chi connectivity index (χ0v) is 13.1. The average Bonchev–Trinajstić information content (AvgIpc) is 2.37. The van der Waals surface area contributed by atoms with Crippen LogP contribution in [0.25, 0.3) is 0 Å². The van der Waals surface area contributed by atoms with Crippen molar-refractivity contribution in [1.82, 2.24) is 0 Å². The van der Waals surface area contributed by atoms with Crippen LogP contribution in [-0.2, 0) is 4.79 Å². The maximum atomic E-state index is 11.9. The Kier molecular flexibility index (Phi) is 4.79. The summed E-state index contributed by atoms with van der Waals surface area (Å²) in [6.07, 6.45) is 0. The molecule has 2 aromatic rings. The molecule has 0 spiro atoms. The normalized spacial score (nSPS) is 10.2. The Bertz CT molecular complexity index is 626. The van der Waals surface area contributed by atoms with Gasteiger partial charge in [-0.1, -0.05) is 18.2 Å². The van der Waals surface area contributed by atoms with E-state index in [-0.39, 0.29) is 12.5 Å². The smallest absolute Gasteiger partial charge is 0.243 e. The fourth-order valence-corrected chi connectivity index (χ4v) is 2.50. The van der Waals surface area contributed by atoms with E-state index in [0.29, 0.717) is 0 Å². The summed E-state index contributed by atoms with van der Waals surface area (Å²) >= 11 is 3.48. The first kappa shape index (κ1) is 14.6. The van der Waals surface area contributed by atoms with Crippen LogP contribution in [0.4, 0.5) is 11.4 Å². The second-order valence-corrected chi connectivity index (χ2v) is 5.61. The van der Waals surface area contributed by atoms with Crippen LogP contribution in [-0.4, -0.2) is 12.5 Å². The molecule has 0 bridgehead atoms. The lowest BCUT2D eigenvalue weighted by Gasteiger charge is -2.10. The summed E-state index contributed by atoms with van der Waals surface area (Å²) in [5.74, 6) is -0.0666. The van der Waals surface area contributed by atoms with Crippen LogP contribution in [0.1, 0.15) is 11.1 Å². The first-order valence-electron chi connectivity index (χ1n) is 6.41. The van der Waals surface area contributed by atoms with Gasteiger partial charge in [0.15, 0.2) is 0 Å². The lowest BCUT2D eigenvalue weighted by Crippen LogP contribution is -2.21. The molecule has 20 heavy (non-hydrogen) atoms. The molecule has 104 valence electrons. The van der Waals surface area contributed by atoms with Crippen LogP contribution in [0.15, 0.2) is 46.9 Å². The fourth-order valence-electron chi connectivity index (χ4n) is 1.87. The summed E-state index contributed by atoms with van der Waals surface area (Å²) in [4.78, 5) is 11.9. The molecule has 2 N–H and O–H groups in total. The molecular formula is C16H17BrN2O. The molecule has 0 radical (unpaired) electrons. The summed E-state index contributed by atoms with van der Waals surface area (Å²) in [5.41, 5.74) is 4.03. The lowest BCUT2D eigenvalue weighted by atomic mass is 10.2. The number of rotatable bonds is 4. The van der Waals surface area contributed by atoms with Gasteiger partial charge in [-0.2, -0.15) is 0 Å². The molecule has 0 saturated heterocycles. The van der Waals surface area contributed by atoms with Crippen LogP contribution in [0.2, 0.25) is 0 Å². The number of carbonyl (C=O) groups excluding carboxylic acids is 1. The number of halogens is 1. The summed E-state index contributed by atoms with van der Waals surface area (Å²) < 4.78 is 0.959. The Labute approximate surface area is 127 Å². The number of hydrogen-bond donors (Lipinski definition) is 2. The standard InChI is InChI=1S/C16H17BrN2O/c1-11-4-3-5-13(8-11)19-16(20)10-18-15-7-6-12(2)9-14(15)17/h3-9,18H,10H2,1-2H3,(H,19,20). The van der Waals surface area contributed by atoms with Crippen molar-refractivity contribution < 1.29 is 4.79 Å². The maximum absolute atomic E-state index is 11.9. The molecule has 3 nitrogen and oxygen atoms in total. The molecule has 2 rings (SSSR count). The molecule has 0 unspecified atom stereocenters. The Morgan fingerprint density at radius 1 is 1.10 bits per heavy atom. The quantitative estimate of drug-likeness (QED) is 0.884. The highest BCUT2D eigenvalue weighted by molar-refractivity contribution is 9.10. The van der Waals surface area contributed by atoms with Crippen LogP contribution in [0.5, 0.6) is 0 Å². The van der Waals surface area contributed by atoms with Crippen molar-refractivity contribution in [1.29, 1.82) is 0 Å².